The molecular formula is C9H8ClFO2S. The van der Waals surface area contributed by atoms with Crippen LogP contribution in [0.5, 0.6) is 0 Å². The van der Waals surface area contributed by atoms with Crippen LogP contribution < -0.4 is 0 Å². The lowest BCUT2D eigenvalue weighted by Gasteiger charge is -2.01. The highest BCUT2D eigenvalue weighted by Gasteiger charge is 2.04. The number of halogens is 2. The van der Waals surface area contributed by atoms with Crippen LogP contribution in [0, 0.1) is 5.82 Å². The molecule has 0 spiro atoms. The minimum Gasteiger partial charge on any atom is -0.468 e. The van der Waals surface area contributed by atoms with Crippen molar-refractivity contribution in [2.24, 2.45) is 0 Å². The fourth-order valence-corrected chi connectivity index (χ4v) is 1.78. The highest BCUT2D eigenvalue weighted by atomic mass is 35.5. The zero-order valence-electron chi connectivity index (χ0n) is 7.42. The van der Waals surface area contributed by atoms with E-state index >= 15 is 0 Å². The molecule has 0 aliphatic carbocycles. The van der Waals surface area contributed by atoms with Crippen molar-refractivity contribution in [3.63, 3.8) is 0 Å². The predicted molar refractivity (Wildman–Crippen MR) is 54.2 cm³/mol. The molecule has 0 unspecified atom stereocenters. The molecule has 14 heavy (non-hydrogen) atoms. The number of carbonyl (C=O) groups excluding carboxylic acids is 1. The van der Waals surface area contributed by atoms with E-state index in [1.54, 1.807) is 6.07 Å². The van der Waals surface area contributed by atoms with Gasteiger partial charge in [0.2, 0.25) is 0 Å². The molecule has 5 heteroatoms. The zero-order chi connectivity index (χ0) is 10.6. The maximum atomic E-state index is 12.7. The lowest BCUT2D eigenvalue weighted by atomic mass is 10.3. The van der Waals surface area contributed by atoms with Gasteiger partial charge >= 0.3 is 5.97 Å². The van der Waals surface area contributed by atoms with E-state index in [4.69, 9.17) is 11.6 Å². The van der Waals surface area contributed by atoms with Crippen LogP contribution in [-0.4, -0.2) is 18.8 Å². The third-order valence-electron chi connectivity index (χ3n) is 1.48. The van der Waals surface area contributed by atoms with Gasteiger partial charge in [-0.3, -0.25) is 4.79 Å². The first-order valence-electron chi connectivity index (χ1n) is 3.78. The van der Waals surface area contributed by atoms with E-state index < -0.39 is 5.82 Å². The van der Waals surface area contributed by atoms with Gasteiger partial charge in [-0.15, -0.1) is 11.8 Å². The second kappa shape index (κ2) is 5.22. The van der Waals surface area contributed by atoms with Crippen LogP contribution in [-0.2, 0) is 9.53 Å². The van der Waals surface area contributed by atoms with Crippen molar-refractivity contribution < 1.29 is 13.9 Å². The standard InChI is InChI=1S/C9H8ClFO2S/c1-13-9(12)5-14-6-2-3-8(11)7(10)4-6/h2-4H,5H2,1H3. The second-order valence-corrected chi connectivity index (χ2v) is 3.90. The largest absolute Gasteiger partial charge is 0.468 e. The summed E-state index contributed by atoms with van der Waals surface area (Å²) in [5.74, 6) is -0.595. The molecule has 1 aromatic carbocycles. The summed E-state index contributed by atoms with van der Waals surface area (Å²) in [6.07, 6.45) is 0. The summed E-state index contributed by atoms with van der Waals surface area (Å²) < 4.78 is 17.2. The number of rotatable bonds is 3. The van der Waals surface area contributed by atoms with E-state index in [0.29, 0.717) is 0 Å². The third kappa shape index (κ3) is 3.20. The van der Waals surface area contributed by atoms with Crippen LogP contribution in [0.3, 0.4) is 0 Å². The molecule has 1 aromatic rings. The monoisotopic (exact) mass is 234 g/mol. The van der Waals surface area contributed by atoms with Gasteiger partial charge in [0, 0.05) is 4.90 Å². The maximum absolute atomic E-state index is 12.7. The van der Waals surface area contributed by atoms with Gasteiger partial charge in [0.1, 0.15) is 5.82 Å². The lowest BCUT2D eigenvalue weighted by molar-refractivity contribution is -0.137. The van der Waals surface area contributed by atoms with Gasteiger partial charge in [-0.1, -0.05) is 11.6 Å². The molecule has 0 aliphatic heterocycles. The molecule has 1 rings (SSSR count). The van der Waals surface area contributed by atoms with Crippen molar-refractivity contribution in [2.75, 3.05) is 12.9 Å². The summed E-state index contributed by atoms with van der Waals surface area (Å²) in [6, 6.07) is 4.31. The molecule has 0 saturated carbocycles. The molecule has 76 valence electrons. The van der Waals surface area contributed by atoms with Gasteiger partial charge in [0.25, 0.3) is 0 Å². The smallest absolute Gasteiger partial charge is 0.315 e. The minimum atomic E-state index is -0.464. The van der Waals surface area contributed by atoms with Crippen molar-refractivity contribution in [3.8, 4) is 0 Å². The molecular weight excluding hydrogens is 227 g/mol. The normalized spacial score (nSPS) is 9.93. The van der Waals surface area contributed by atoms with E-state index in [2.05, 4.69) is 4.74 Å². The van der Waals surface area contributed by atoms with Gasteiger partial charge in [-0.25, -0.2) is 4.39 Å². The fourth-order valence-electron chi connectivity index (χ4n) is 0.768. The summed E-state index contributed by atoms with van der Waals surface area (Å²) in [7, 11) is 1.32. The molecule has 0 aromatic heterocycles. The first-order valence-corrected chi connectivity index (χ1v) is 5.14. The SMILES string of the molecule is COC(=O)CSc1ccc(F)c(Cl)c1. The molecule has 0 heterocycles. The van der Waals surface area contributed by atoms with Crippen molar-refractivity contribution in [1.82, 2.24) is 0 Å². The number of benzene rings is 1. The van der Waals surface area contributed by atoms with E-state index in [1.165, 1.54) is 31.0 Å². The van der Waals surface area contributed by atoms with E-state index in [-0.39, 0.29) is 16.7 Å². The van der Waals surface area contributed by atoms with Gasteiger partial charge in [0.05, 0.1) is 17.9 Å². The Balaban J connectivity index is 2.60. The second-order valence-electron chi connectivity index (χ2n) is 2.44. The molecule has 2 nitrogen and oxygen atoms in total. The number of methoxy groups -OCH3 is 1. The first-order chi connectivity index (χ1) is 6.63. The van der Waals surface area contributed by atoms with Gasteiger partial charge < -0.3 is 4.74 Å². The molecule has 0 bridgehead atoms. The van der Waals surface area contributed by atoms with E-state index in [0.717, 1.165) is 4.90 Å². The topological polar surface area (TPSA) is 26.3 Å². The predicted octanol–water partition coefficient (Wildman–Crippen LogP) is 2.74. The van der Waals surface area contributed by atoms with Crippen LogP contribution in [0.1, 0.15) is 0 Å². The van der Waals surface area contributed by atoms with E-state index in [1.807, 2.05) is 0 Å². The van der Waals surface area contributed by atoms with Gasteiger partial charge in [-0.2, -0.15) is 0 Å². The third-order valence-corrected chi connectivity index (χ3v) is 2.73. The molecule has 0 N–H and O–H groups in total. The highest BCUT2D eigenvalue weighted by Crippen LogP contribution is 2.23. The molecule has 0 saturated heterocycles. The summed E-state index contributed by atoms with van der Waals surface area (Å²) in [5.41, 5.74) is 0. The van der Waals surface area contributed by atoms with Crippen molar-refractivity contribution >= 4 is 29.3 Å². The molecule has 0 atom stereocenters. The summed E-state index contributed by atoms with van der Waals surface area (Å²) in [4.78, 5) is 11.5. The Bertz CT molecular complexity index is 344. The maximum Gasteiger partial charge on any atom is 0.315 e. The number of carbonyl (C=O) groups is 1. The number of hydrogen-bond donors (Lipinski definition) is 0. The Labute approximate surface area is 90.4 Å². The summed E-state index contributed by atoms with van der Waals surface area (Å²) >= 11 is 6.81. The van der Waals surface area contributed by atoms with E-state index in [9.17, 15) is 9.18 Å². The Hall–Kier alpha value is -0.740. The van der Waals surface area contributed by atoms with Crippen molar-refractivity contribution in [3.05, 3.63) is 29.0 Å². The first kappa shape index (κ1) is 11.3. The minimum absolute atomic E-state index is 0.0554. The Kier molecular flexibility index (Phi) is 4.22. The van der Waals surface area contributed by atoms with Crippen LogP contribution in [0.15, 0.2) is 23.1 Å². The summed E-state index contributed by atoms with van der Waals surface area (Å²) in [5, 5.41) is 0.0554. The number of thioether (sulfide) groups is 1. The Morgan fingerprint density at radius 3 is 2.93 bits per heavy atom. The highest BCUT2D eigenvalue weighted by molar-refractivity contribution is 8.00. The molecule has 0 amide bonds. The average Bonchev–Trinajstić information content (AvgIpc) is 2.19. The van der Waals surface area contributed by atoms with Crippen molar-refractivity contribution in [2.45, 2.75) is 4.90 Å². The molecule has 0 fully saturated rings. The fraction of sp³-hybridized carbons (Fsp3) is 0.222. The Morgan fingerprint density at radius 1 is 1.64 bits per heavy atom. The molecule has 0 radical (unpaired) electrons. The number of esters is 1. The van der Waals surface area contributed by atoms with Crippen LogP contribution >= 0.6 is 23.4 Å². The average molecular weight is 235 g/mol. The Morgan fingerprint density at radius 2 is 2.36 bits per heavy atom. The zero-order valence-corrected chi connectivity index (χ0v) is 8.99. The van der Waals surface area contributed by atoms with Gasteiger partial charge in [-0.05, 0) is 18.2 Å². The van der Waals surface area contributed by atoms with Crippen LogP contribution in [0.2, 0.25) is 5.02 Å². The number of ether oxygens (including phenoxy) is 1. The van der Waals surface area contributed by atoms with Crippen LogP contribution in [0.4, 0.5) is 4.39 Å². The van der Waals surface area contributed by atoms with Crippen molar-refractivity contribution in [1.29, 1.82) is 0 Å². The van der Waals surface area contributed by atoms with Gasteiger partial charge in [0.15, 0.2) is 0 Å². The quantitative estimate of drug-likeness (QED) is 0.594. The lowest BCUT2D eigenvalue weighted by Crippen LogP contribution is -2.02. The van der Waals surface area contributed by atoms with Crippen LogP contribution in [0.25, 0.3) is 0 Å². The molecule has 0 aliphatic rings. The number of hydrogen-bond acceptors (Lipinski definition) is 3. The summed E-state index contributed by atoms with van der Waals surface area (Å²) in [6.45, 7) is 0.